The zero-order valence-corrected chi connectivity index (χ0v) is 22.6. The van der Waals surface area contributed by atoms with E-state index in [0.29, 0.717) is 0 Å². The third-order valence-corrected chi connectivity index (χ3v) is 10.1. The average Bonchev–Trinajstić information content (AvgIpc) is 3.58. The van der Waals surface area contributed by atoms with E-state index in [4.69, 9.17) is 0 Å². The van der Waals surface area contributed by atoms with Gasteiger partial charge in [0.05, 0.1) is 11.0 Å². The lowest BCUT2D eigenvalue weighted by atomic mass is 9.82. The minimum Gasteiger partial charge on any atom is -0.309 e. The highest BCUT2D eigenvalue weighted by Crippen LogP contribution is 2.55. The molecular weight excluding hydrogens is 490 g/mol. The van der Waals surface area contributed by atoms with E-state index in [2.05, 4.69) is 134 Å². The van der Waals surface area contributed by atoms with Crippen LogP contribution >= 0.6 is 11.3 Å². The topological polar surface area (TPSA) is 4.93 Å². The van der Waals surface area contributed by atoms with Crippen molar-refractivity contribution in [3.05, 3.63) is 126 Å². The van der Waals surface area contributed by atoms with Gasteiger partial charge in [-0.05, 0) is 75.5 Å². The van der Waals surface area contributed by atoms with E-state index in [1.807, 2.05) is 11.3 Å². The van der Waals surface area contributed by atoms with Gasteiger partial charge in [0.25, 0.3) is 0 Å². The van der Waals surface area contributed by atoms with Gasteiger partial charge in [0.1, 0.15) is 0 Å². The smallest absolute Gasteiger partial charge is 0.0547 e. The summed E-state index contributed by atoms with van der Waals surface area (Å²) in [7, 11) is 0. The van der Waals surface area contributed by atoms with Crippen molar-refractivity contribution in [2.24, 2.45) is 0 Å². The van der Waals surface area contributed by atoms with Gasteiger partial charge in [0.15, 0.2) is 0 Å². The number of nitrogens with zero attached hydrogens (tertiary/aromatic N) is 1. The van der Waals surface area contributed by atoms with Gasteiger partial charge >= 0.3 is 0 Å². The second kappa shape index (κ2) is 7.37. The van der Waals surface area contributed by atoms with Gasteiger partial charge in [-0.2, -0.15) is 0 Å². The normalized spacial score (nSPS) is 14.1. The van der Waals surface area contributed by atoms with E-state index in [1.54, 1.807) is 0 Å². The van der Waals surface area contributed by atoms with Crippen LogP contribution in [-0.4, -0.2) is 4.57 Å². The first-order valence-corrected chi connectivity index (χ1v) is 14.4. The van der Waals surface area contributed by atoms with Gasteiger partial charge in [0.2, 0.25) is 0 Å². The highest BCUT2D eigenvalue weighted by Gasteiger charge is 2.37. The summed E-state index contributed by atoms with van der Waals surface area (Å²) in [5.74, 6) is 0. The quantitative estimate of drug-likeness (QED) is 0.205. The summed E-state index contributed by atoms with van der Waals surface area (Å²) < 4.78 is 5.17. The van der Waals surface area contributed by atoms with Gasteiger partial charge in [-0.25, -0.2) is 0 Å². The lowest BCUT2D eigenvalue weighted by Crippen LogP contribution is -2.14. The van der Waals surface area contributed by atoms with Crippen LogP contribution in [0.3, 0.4) is 0 Å². The SMILES string of the molecule is CC1(C)c2cc3sc4ccccc4c3cc2-c2c1ccc1ccc3c(c4ccccc4n3-c3ccccc3)c21. The average molecular weight is 516 g/mol. The number of benzene rings is 6. The molecule has 0 radical (unpaired) electrons. The molecule has 0 saturated heterocycles. The van der Waals surface area contributed by atoms with Crippen molar-refractivity contribution < 1.29 is 0 Å². The van der Waals surface area contributed by atoms with Gasteiger partial charge in [-0.1, -0.05) is 86.6 Å². The Balaban J connectivity index is 1.49. The molecule has 184 valence electrons. The number of aromatic nitrogens is 1. The summed E-state index contributed by atoms with van der Waals surface area (Å²) in [5.41, 5.74) is 9.30. The maximum atomic E-state index is 2.49. The van der Waals surface area contributed by atoms with Crippen molar-refractivity contribution in [3.63, 3.8) is 0 Å². The van der Waals surface area contributed by atoms with E-state index in [-0.39, 0.29) is 5.41 Å². The fraction of sp³-hybridized carbons (Fsp3) is 0.0811. The van der Waals surface area contributed by atoms with E-state index >= 15 is 0 Å². The number of rotatable bonds is 1. The van der Waals surface area contributed by atoms with Gasteiger partial charge in [-0.3, -0.25) is 0 Å². The standard InChI is InChI=1S/C37H25NS/c1-37(2)28-18-16-22-17-19-31-36(25-13-6-8-14-30(25)38(31)23-10-4-3-5-11-23)34(22)35(28)27-20-26-24-12-7-9-15-32(24)39-33(26)21-29(27)37/h3-21H,1-2H3. The van der Waals surface area contributed by atoms with Gasteiger partial charge in [0, 0.05) is 42.0 Å². The third kappa shape index (κ3) is 2.69. The van der Waals surface area contributed by atoms with Crippen LogP contribution in [0.25, 0.3) is 69.6 Å². The Morgan fingerprint density at radius 3 is 2.18 bits per heavy atom. The van der Waals surface area contributed by atoms with Crippen LogP contribution in [0.2, 0.25) is 0 Å². The van der Waals surface area contributed by atoms with Crippen molar-refractivity contribution in [2.75, 3.05) is 0 Å². The Morgan fingerprint density at radius 2 is 1.31 bits per heavy atom. The van der Waals surface area contributed by atoms with E-state index in [1.165, 1.54) is 80.7 Å². The molecule has 8 aromatic rings. The number of para-hydroxylation sites is 2. The summed E-state index contributed by atoms with van der Waals surface area (Å²) in [5, 5.41) is 8.07. The Bertz CT molecular complexity index is 2300. The van der Waals surface area contributed by atoms with Crippen molar-refractivity contribution in [1.82, 2.24) is 4.57 Å². The molecule has 0 atom stereocenters. The fourth-order valence-electron chi connectivity index (χ4n) is 7.17. The molecule has 2 heteroatoms. The Morgan fingerprint density at radius 1 is 0.564 bits per heavy atom. The molecule has 9 rings (SSSR count). The van der Waals surface area contributed by atoms with Crippen LogP contribution in [0.1, 0.15) is 25.0 Å². The maximum Gasteiger partial charge on any atom is 0.0547 e. The molecule has 0 N–H and O–H groups in total. The molecule has 0 fully saturated rings. The van der Waals surface area contributed by atoms with Crippen LogP contribution < -0.4 is 0 Å². The summed E-state index contributed by atoms with van der Waals surface area (Å²) in [6.45, 7) is 4.80. The second-order valence-corrected chi connectivity index (χ2v) is 12.4. The zero-order valence-electron chi connectivity index (χ0n) is 21.8. The molecule has 0 amide bonds. The molecule has 2 aromatic heterocycles. The molecule has 6 aromatic carbocycles. The maximum absolute atomic E-state index is 2.49. The predicted octanol–water partition coefficient (Wildman–Crippen LogP) is 10.6. The summed E-state index contributed by atoms with van der Waals surface area (Å²) in [6.07, 6.45) is 0. The zero-order chi connectivity index (χ0) is 25.9. The molecule has 0 saturated carbocycles. The fourth-order valence-corrected chi connectivity index (χ4v) is 8.30. The second-order valence-electron chi connectivity index (χ2n) is 11.4. The molecule has 1 aliphatic rings. The molecular formula is C37H25NS. The predicted molar refractivity (Wildman–Crippen MR) is 169 cm³/mol. The molecule has 39 heavy (non-hydrogen) atoms. The summed E-state index contributed by atoms with van der Waals surface area (Å²) in [6, 6.07) is 42.8. The van der Waals surface area contributed by atoms with Crippen LogP contribution in [-0.2, 0) is 5.41 Å². The Labute approximate surface area is 230 Å². The lowest BCUT2D eigenvalue weighted by Gasteiger charge is -2.21. The van der Waals surface area contributed by atoms with E-state index in [0.717, 1.165) is 0 Å². The first kappa shape index (κ1) is 21.5. The first-order chi connectivity index (χ1) is 19.1. The monoisotopic (exact) mass is 515 g/mol. The molecule has 1 nitrogen and oxygen atoms in total. The Kier molecular flexibility index (Phi) is 4.07. The van der Waals surface area contributed by atoms with Gasteiger partial charge in [-0.15, -0.1) is 11.3 Å². The first-order valence-electron chi connectivity index (χ1n) is 13.6. The molecule has 0 unspecified atom stereocenters. The molecule has 0 spiro atoms. The lowest BCUT2D eigenvalue weighted by molar-refractivity contribution is 0.662. The molecule has 1 aliphatic carbocycles. The van der Waals surface area contributed by atoms with E-state index in [9.17, 15) is 0 Å². The van der Waals surface area contributed by atoms with Crippen molar-refractivity contribution >= 4 is 64.1 Å². The highest BCUT2D eigenvalue weighted by atomic mass is 32.1. The minimum absolute atomic E-state index is 0.0663. The van der Waals surface area contributed by atoms with Crippen molar-refractivity contribution in [1.29, 1.82) is 0 Å². The Hall–Kier alpha value is -4.40. The summed E-state index contributed by atoms with van der Waals surface area (Å²) in [4.78, 5) is 0. The van der Waals surface area contributed by atoms with E-state index < -0.39 is 0 Å². The number of fused-ring (bicyclic) bond motifs is 12. The van der Waals surface area contributed by atoms with Crippen molar-refractivity contribution in [3.8, 4) is 16.8 Å². The molecule has 2 heterocycles. The van der Waals surface area contributed by atoms with Gasteiger partial charge < -0.3 is 4.57 Å². The van der Waals surface area contributed by atoms with Crippen LogP contribution in [0, 0.1) is 0 Å². The number of hydrogen-bond donors (Lipinski definition) is 0. The molecule has 0 bridgehead atoms. The summed E-state index contributed by atoms with van der Waals surface area (Å²) >= 11 is 1.91. The van der Waals surface area contributed by atoms with Crippen molar-refractivity contribution in [2.45, 2.75) is 19.3 Å². The van der Waals surface area contributed by atoms with Crippen LogP contribution in [0.5, 0.6) is 0 Å². The number of hydrogen-bond acceptors (Lipinski definition) is 1. The largest absolute Gasteiger partial charge is 0.309 e. The highest BCUT2D eigenvalue weighted by molar-refractivity contribution is 7.25. The molecule has 0 aliphatic heterocycles. The third-order valence-electron chi connectivity index (χ3n) is 8.97. The van der Waals surface area contributed by atoms with Crippen LogP contribution in [0.4, 0.5) is 0 Å². The van der Waals surface area contributed by atoms with Crippen LogP contribution in [0.15, 0.2) is 115 Å². The minimum atomic E-state index is -0.0663. The number of thiophene rings is 1.